The van der Waals surface area contributed by atoms with Crippen LogP contribution in [0.25, 0.3) is 0 Å². The van der Waals surface area contributed by atoms with Gasteiger partial charge in [-0.1, -0.05) is 13.0 Å². The first-order chi connectivity index (χ1) is 9.50. The third kappa shape index (κ3) is 5.69. The number of unbranched alkanes of at least 4 members (excludes halogenated alkanes) is 3. The third-order valence-electron chi connectivity index (χ3n) is 2.77. The second-order valence-corrected chi connectivity index (χ2v) is 4.63. The number of rotatable bonds is 8. The Labute approximate surface area is 117 Å². The number of aromatic nitrogens is 2. The molecule has 0 aliphatic heterocycles. The van der Waals surface area contributed by atoms with Gasteiger partial charge in [-0.3, -0.25) is 9.78 Å². The molecule has 110 valence electrons. The van der Waals surface area contributed by atoms with Gasteiger partial charge in [-0.05, 0) is 26.2 Å². The van der Waals surface area contributed by atoms with Crippen molar-refractivity contribution in [3.05, 3.63) is 45.3 Å². The van der Waals surface area contributed by atoms with Gasteiger partial charge in [-0.15, -0.1) is 0 Å². The van der Waals surface area contributed by atoms with Crippen LogP contribution in [-0.2, 0) is 16.1 Å². The van der Waals surface area contributed by atoms with Gasteiger partial charge >= 0.3 is 11.7 Å². The van der Waals surface area contributed by atoms with E-state index in [9.17, 15) is 14.4 Å². The molecule has 0 amide bonds. The molecule has 0 saturated carbocycles. The molecular weight excluding hydrogens is 260 g/mol. The van der Waals surface area contributed by atoms with Gasteiger partial charge in [-0.25, -0.2) is 9.59 Å². The average molecular weight is 280 g/mol. The SMILES string of the molecule is C=C(C)C(=O)OCCCCCCn1ccc(=O)[nH]c1=O. The second kappa shape index (κ2) is 8.14. The molecule has 1 aromatic rings. The molecule has 1 N–H and O–H groups in total. The van der Waals surface area contributed by atoms with Crippen LogP contribution in [0.4, 0.5) is 0 Å². The molecule has 0 spiro atoms. The molecule has 6 heteroatoms. The standard InChI is InChI=1S/C14H20N2O4/c1-11(2)13(18)20-10-6-4-3-5-8-16-9-7-12(17)15-14(16)19/h7,9H,1,3-6,8,10H2,2H3,(H,15,17,19). The Morgan fingerprint density at radius 1 is 1.30 bits per heavy atom. The van der Waals surface area contributed by atoms with E-state index in [4.69, 9.17) is 4.74 Å². The van der Waals surface area contributed by atoms with Crippen LogP contribution in [0.5, 0.6) is 0 Å². The number of hydrogen-bond acceptors (Lipinski definition) is 4. The van der Waals surface area contributed by atoms with Crippen molar-refractivity contribution >= 4 is 5.97 Å². The van der Waals surface area contributed by atoms with E-state index in [0.29, 0.717) is 18.7 Å². The smallest absolute Gasteiger partial charge is 0.333 e. The first-order valence-corrected chi connectivity index (χ1v) is 6.63. The van der Waals surface area contributed by atoms with Crippen LogP contribution in [0, 0.1) is 0 Å². The minimum Gasteiger partial charge on any atom is -0.462 e. The summed E-state index contributed by atoms with van der Waals surface area (Å²) < 4.78 is 6.44. The van der Waals surface area contributed by atoms with Crippen molar-refractivity contribution in [2.24, 2.45) is 0 Å². The number of nitrogens with zero attached hydrogens (tertiary/aromatic N) is 1. The predicted octanol–water partition coefficient (Wildman–Crippen LogP) is 1.22. The lowest BCUT2D eigenvalue weighted by atomic mass is 10.2. The Hall–Kier alpha value is -2.11. The number of ether oxygens (including phenoxy) is 1. The van der Waals surface area contributed by atoms with Gasteiger partial charge in [0.15, 0.2) is 0 Å². The summed E-state index contributed by atoms with van der Waals surface area (Å²) in [5.74, 6) is -0.357. The molecule has 6 nitrogen and oxygen atoms in total. The predicted molar refractivity (Wildman–Crippen MR) is 75.6 cm³/mol. The van der Waals surface area contributed by atoms with Crippen LogP contribution in [0.15, 0.2) is 34.0 Å². The quantitative estimate of drug-likeness (QED) is 0.441. The Morgan fingerprint density at radius 3 is 2.65 bits per heavy atom. The minimum absolute atomic E-state index is 0.357. The highest BCUT2D eigenvalue weighted by Gasteiger charge is 2.02. The zero-order valence-electron chi connectivity index (χ0n) is 11.7. The van der Waals surface area contributed by atoms with Gasteiger partial charge in [0, 0.05) is 24.4 Å². The first kappa shape index (κ1) is 15.9. The normalized spacial score (nSPS) is 10.2. The molecular formula is C14H20N2O4. The molecule has 0 saturated heterocycles. The molecule has 0 radical (unpaired) electrons. The van der Waals surface area contributed by atoms with Crippen molar-refractivity contribution in [1.29, 1.82) is 0 Å². The number of aromatic amines is 1. The fourth-order valence-corrected chi connectivity index (χ4v) is 1.65. The van der Waals surface area contributed by atoms with Crippen LogP contribution in [0.2, 0.25) is 0 Å². The first-order valence-electron chi connectivity index (χ1n) is 6.63. The number of carbonyl (C=O) groups excluding carboxylic acids is 1. The minimum atomic E-state index is -0.384. The fraction of sp³-hybridized carbons (Fsp3) is 0.500. The van der Waals surface area contributed by atoms with E-state index < -0.39 is 0 Å². The molecule has 0 aliphatic carbocycles. The molecule has 20 heavy (non-hydrogen) atoms. The highest BCUT2D eigenvalue weighted by molar-refractivity contribution is 5.86. The number of esters is 1. The highest BCUT2D eigenvalue weighted by atomic mass is 16.5. The summed E-state index contributed by atoms with van der Waals surface area (Å²) in [4.78, 5) is 35.6. The van der Waals surface area contributed by atoms with E-state index in [1.54, 1.807) is 6.92 Å². The van der Waals surface area contributed by atoms with Crippen molar-refractivity contribution in [2.75, 3.05) is 6.61 Å². The van der Waals surface area contributed by atoms with Crippen molar-refractivity contribution in [3.63, 3.8) is 0 Å². The van der Waals surface area contributed by atoms with Crippen LogP contribution in [-0.4, -0.2) is 22.1 Å². The molecule has 0 atom stereocenters. The maximum atomic E-state index is 11.4. The van der Waals surface area contributed by atoms with Gasteiger partial charge in [0.05, 0.1) is 6.61 Å². The monoisotopic (exact) mass is 280 g/mol. The van der Waals surface area contributed by atoms with E-state index in [-0.39, 0.29) is 17.2 Å². The van der Waals surface area contributed by atoms with Crippen LogP contribution in [0.1, 0.15) is 32.6 Å². The van der Waals surface area contributed by atoms with Gasteiger partial charge in [0.2, 0.25) is 0 Å². The van der Waals surface area contributed by atoms with Gasteiger partial charge in [-0.2, -0.15) is 0 Å². The van der Waals surface area contributed by atoms with Crippen molar-refractivity contribution in [3.8, 4) is 0 Å². The maximum Gasteiger partial charge on any atom is 0.333 e. The number of carbonyl (C=O) groups is 1. The van der Waals surface area contributed by atoms with Gasteiger partial charge < -0.3 is 9.30 Å². The summed E-state index contributed by atoms with van der Waals surface area (Å²) in [5, 5.41) is 0. The largest absolute Gasteiger partial charge is 0.462 e. The average Bonchev–Trinajstić information content (AvgIpc) is 2.39. The lowest BCUT2D eigenvalue weighted by Crippen LogP contribution is -2.28. The molecule has 1 heterocycles. The molecule has 0 aliphatic rings. The Morgan fingerprint density at radius 2 is 2.00 bits per heavy atom. The van der Waals surface area contributed by atoms with Crippen LogP contribution < -0.4 is 11.2 Å². The zero-order valence-corrected chi connectivity index (χ0v) is 11.7. The number of aryl methyl sites for hydroxylation is 1. The summed E-state index contributed by atoms with van der Waals surface area (Å²) in [6, 6.07) is 1.33. The maximum absolute atomic E-state index is 11.4. The number of nitrogens with one attached hydrogen (secondary N) is 1. The van der Waals surface area contributed by atoms with Crippen LogP contribution >= 0.6 is 0 Å². The summed E-state index contributed by atoms with van der Waals surface area (Å²) in [6.07, 6.45) is 4.97. The highest BCUT2D eigenvalue weighted by Crippen LogP contribution is 2.02. The second-order valence-electron chi connectivity index (χ2n) is 4.63. The van der Waals surface area contributed by atoms with Crippen molar-refractivity contribution < 1.29 is 9.53 Å². The molecule has 0 bridgehead atoms. The summed E-state index contributed by atoms with van der Waals surface area (Å²) in [7, 11) is 0. The van der Waals surface area contributed by atoms with E-state index in [2.05, 4.69) is 11.6 Å². The summed E-state index contributed by atoms with van der Waals surface area (Å²) >= 11 is 0. The Bertz CT molecular complexity index is 571. The summed E-state index contributed by atoms with van der Waals surface area (Å²) in [6.45, 7) is 6.08. The Kier molecular flexibility index (Phi) is 6.49. The summed E-state index contributed by atoms with van der Waals surface area (Å²) in [5.41, 5.74) is -0.360. The fourth-order valence-electron chi connectivity index (χ4n) is 1.65. The van der Waals surface area contributed by atoms with Gasteiger partial charge in [0.25, 0.3) is 5.56 Å². The zero-order chi connectivity index (χ0) is 15.0. The lowest BCUT2D eigenvalue weighted by Gasteiger charge is -2.05. The lowest BCUT2D eigenvalue weighted by molar-refractivity contribution is -0.139. The van der Waals surface area contributed by atoms with E-state index in [0.717, 1.165) is 25.7 Å². The van der Waals surface area contributed by atoms with E-state index in [1.165, 1.54) is 16.8 Å². The molecule has 0 fully saturated rings. The number of hydrogen-bond donors (Lipinski definition) is 1. The topological polar surface area (TPSA) is 81.2 Å². The third-order valence-corrected chi connectivity index (χ3v) is 2.77. The van der Waals surface area contributed by atoms with Crippen molar-refractivity contribution in [2.45, 2.75) is 39.2 Å². The number of H-pyrrole nitrogens is 1. The van der Waals surface area contributed by atoms with Crippen LogP contribution in [0.3, 0.4) is 0 Å². The van der Waals surface area contributed by atoms with E-state index in [1.807, 2.05) is 0 Å². The molecule has 0 unspecified atom stereocenters. The van der Waals surface area contributed by atoms with E-state index >= 15 is 0 Å². The molecule has 0 aromatic carbocycles. The van der Waals surface area contributed by atoms with Gasteiger partial charge in [0.1, 0.15) is 0 Å². The van der Waals surface area contributed by atoms with Crippen molar-refractivity contribution in [1.82, 2.24) is 9.55 Å². The molecule has 1 rings (SSSR count). The Balaban J connectivity index is 2.13. The molecule has 1 aromatic heterocycles.